The Morgan fingerprint density at radius 2 is 2.33 bits per heavy atom. The van der Waals surface area contributed by atoms with Gasteiger partial charge < -0.3 is 15.5 Å². The highest BCUT2D eigenvalue weighted by atomic mass is 16.5. The van der Waals surface area contributed by atoms with Crippen LogP contribution in [0.3, 0.4) is 0 Å². The van der Waals surface area contributed by atoms with E-state index in [2.05, 4.69) is 9.97 Å². The Kier molecular flexibility index (Phi) is 2.99. The van der Waals surface area contributed by atoms with E-state index in [-0.39, 0.29) is 0 Å². The maximum Gasteiger partial charge on any atom is 0.109 e. The molecule has 0 amide bonds. The number of nitrogens with zero attached hydrogens (tertiary/aromatic N) is 1. The minimum atomic E-state index is 0.520. The summed E-state index contributed by atoms with van der Waals surface area (Å²) in [5.41, 5.74) is 8.75. The predicted molar refractivity (Wildman–Crippen MR) is 59.6 cm³/mol. The first-order chi connectivity index (χ1) is 7.35. The number of H-pyrrole nitrogens is 1. The summed E-state index contributed by atoms with van der Waals surface area (Å²) in [6, 6.07) is 6.00. The molecule has 0 bridgehead atoms. The Morgan fingerprint density at radius 3 is 3.07 bits per heavy atom. The predicted octanol–water partition coefficient (Wildman–Crippen LogP) is 1.21. The molecule has 0 aliphatic rings. The summed E-state index contributed by atoms with van der Waals surface area (Å²) in [7, 11) is 1.69. The van der Waals surface area contributed by atoms with Crippen molar-refractivity contribution in [2.45, 2.75) is 13.0 Å². The van der Waals surface area contributed by atoms with Crippen LogP contribution in [0.2, 0.25) is 0 Å². The first-order valence-corrected chi connectivity index (χ1v) is 5.00. The largest absolute Gasteiger partial charge is 0.384 e. The number of aromatic nitrogens is 2. The Labute approximate surface area is 88.5 Å². The molecule has 1 heterocycles. The van der Waals surface area contributed by atoms with Gasteiger partial charge in [-0.1, -0.05) is 12.1 Å². The molecule has 4 nitrogen and oxygen atoms in total. The number of imidazole rings is 1. The number of benzene rings is 1. The third-order valence-electron chi connectivity index (χ3n) is 2.41. The van der Waals surface area contributed by atoms with Gasteiger partial charge in [-0.2, -0.15) is 0 Å². The smallest absolute Gasteiger partial charge is 0.109 e. The van der Waals surface area contributed by atoms with Crippen LogP contribution in [0.25, 0.3) is 11.0 Å². The van der Waals surface area contributed by atoms with Crippen LogP contribution in [-0.4, -0.2) is 23.7 Å². The molecule has 2 rings (SSSR count). The molecular weight excluding hydrogens is 190 g/mol. The molecule has 0 aliphatic heterocycles. The molecule has 3 N–H and O–H groups in total. The maximum atomic E-state index is 5.65. The number of nitrogens with one attached hydrogen (secondary N) is 1. The summed E-state index contributed by atoms with van der Waals surface area (Å²) < 4.78 is 5.01. The van der Waals surface area contributed by atoms with Crippen LogP contribution in [0.4, 0.5) is 0 Å². The second-order valence-corrected chi connectivity index (χ2v) is 3.44. The van der Waals surface area contributed by atoms with E-state index in [0.717, 1.165) is 28.8 Å². The molecule has 2 aromatic rings. The minimum absolute atomic E-state index is 0.520. The van der Waals surface area contributed by atoms with Gasteiger partial charge in [-0.05, 0) is 11.6 Å². The van der Waals surface area contributed by atoms with Gasteiger partial charge in [0, 0.05) is 20.1 Å². The standard InChI is InChI=1S/C11H15N3O/c1-15-6-5-10-13-9-4-2-3-8(7-12)11(9)14-10/h2-4H,5-7,12H2,1H3,(H,13,14). The van der Waals surface area contributed by atoms with E-state index >= 15 is 0 Å². The summed E-state index contributed by atoms with van der Waals surface area (Å²) in [6.07, 6.45) is 0.801. The fourth-order valence-corrected chi connectivity index (χ4v) is 1.62. The van der Waals surface area contributed by atoms with Crippen molar-refractivity contribution in [3.8, 4) is 0 Å². The lowest BCUT2D eigenvalue weighted by atomic mass is 10.2. The number of hydrogen-bond donors (Lipinski definition) is 2. The van der Waals surface area contributed by atoms with Crippen molar-refractivity contribution in [2.24, 2.45) is 5.73 Å². The van der Waals surface area contributed by atoms with Gasteiger partial charge >= 0.3 is 0 Å². The summed E-state index contributed by atoms with van der Waals surface area (Å²) in [5, 5.41) is 0. The molecule has 0 radical (unpaired) electrons. The lowest BCUT2D eigenvalue weighted by molar-refractivity contribution is 0.201. The molecule has 0 aliphatic carbocycles. The number of aromatic amines is 1. The van der Waals surface area contributed by atoms with Crippen molar-refractivity contribution in [2.75, 3.05) is 13.7 Å². The number of fused-ring (bicyclic) bond motifs is 1. The lowest BCUT2D eigenvalue weighted by Gasteiger charge is -1.95. The van der Waals surface area contributed by atoms with Gasteiger partial charge in [-0.25, -0.2) is 4.98 Å². The van der Waals surface area contributed by atoms with E-state index < -0.39 is 0 Å². The maximum absolute atomic E-state index is 5.65. The van der Waals surface area contributed by atoms with Gasteiger partial charge in [0.05, 0.1) is 17.6 Å². The Morgan fingerprint density at radius 1 is 1.47 bits per heavy atom. The van der Waals surface area contributed by atoms with Crippen molar-refractivity contribution >= 4 is 11.0 Å². The van der Waals surface area contributed by atoms with Gasteiger partial charge in [0.1, 0.15) is 5.82 Å². The monoisotopic (exact) mass is 205 g/mol. The molecule has 0 fully saturated rings. The van der Waals surface area contributed by atoms with Crippen LogP contribution < -0.4 is 5.73 Å². The fraction of sp³-hybridized carbons (Fsp3) is 0.364. The van der Waals surface area contributed by atoms with Gasteiger partial charge in [0.15, 0.2) is 0 Å². The van der Waals surface area contributed by atoms with Crippen molar-refractivity contribution in [1.82, 2.24) is 9.97 Å². The van der Waals surface area contributed by atoms with Crippen LogP contribution in [0.5, 0.6) is 0 Å². The van der Waals surface area contributed by atoms with E-state index in [1.807, 2.05) is 18.2 Å². The van der Waals surface area contributed by atoms with Gasteiger partial charge in [-0.3, -0.25) is 0 Å². The van der Waals surface area contributed by atoms with Crippen molar-refractivity contribution < 1.29 is 4.74 Å². The highest BCUT2D eigenvalue weighted by Crippen LogP contribution is 2.16. The molecular formula is C11H15N3O. The highest BCUT2D eigenvalue weighted by Gasteiger charge is 2.05. The Hall–Kier alpha value is -1.39. The summed E-state index contributed by atoms with van der Waals surface area (Å²) in [5.74, 6) is 0.952. The molecule has 0 atom stereocenters. The average molecular weight is 205 g/mol. The zero-order valence-corrected chi connectivity index (χ0v) is 8.79. The summed E-state index contributed by atoms with van der Waals surface area (Å²) in [4.78, 5) is 7.76. The zero-order chi connectivity index (χ0) is 10.7. The molecule has 0 spiro atoms. The topological polar surface area (TPSA) is 63.9 Å². The van der Waals surface area contributed by atoms with E-state index in [4.69, 9.17) is 10.5 Å². The van der Waals surface area contributed by atoms with Crippen molar-refractivity contribution in [1.29, 1.82) is 0 Å². The molecule has 15 heavy (non-hydrogen) atoms. The average Bonchev–Trinajstić information content (AvgIpc) is 2.68. The van der Waals surface area contributed by atoms with Crippen LogP contribution in [0.1, 0.15) is 11.4 Å². The van der Waals surface area contributed by atoms with Crippen LogP contribution in [0, 0.1) is 0 Å². The second kappa shape index (κ2) is 4.42. The summed E-state index contributed by atoms with van der Waals surface area (Å²) in [6.45, 7) is 1.20. The van der Waals surface area contributed by atoms with Crippen LogP contribution in [-0.2, 0) is 17.7 Å². The number of para-hydroxylation sites is 1. The molecule has 80 valence electrons. The minimum Gasteiger partial charge on any atom is -0.384 e. The lowest BCUT2D eigenvalue weighted by Crippen LogP contribution is -1.97. The molecule has 4 heteroatoms. The number of nitrogens with two attached hydrogens (primary N) is 1. The van der Waals surface area contributed by atoms with Gasteiger partial charge in [0.25, 0.3) is 0 Å². The Bertz CT molecular complexity index is 450. The number of rotatable bonds is 4. The molecule has 1 aromatic carbocycles. The van der Waals surface area contributed by atoms with Crippen LogP contribution >= 0.6 is 0 Å². The SMILES string of the molecule is COCCc1nc2c(CN)cccc2[nH]1. The molecule has 0 saturated carbocycles. The summed E-state index contributed by atoms with van der Waals surface area (Å²) >= 11 is 0. The van der Waals surface area contributed by atoms with Crippen LogP contribution in [0.15, 0.2) is 18.2 Å². The van der Waals surface area contributed by atoms with Crippen molar-refractivity contribution in [3.05, 3.63) is 29.6 Å². The number of methoxy groups -OCH3 is 1. The Balaban J connectivity index is 2.37. The normalized spacial score (nSPS) is 11.1. The van der Waals surface area contributed by atoms with Crippen molar-refractivity contribution in [3.63, 3.8) is 0 Å². The van der Waals surface area contributed by atoms with Gasteiger partial charge in [-0.15, -0.1) is 0 Å². The van der Waals surface area contributed by atoms with E-state index in [1.54, 1.807) is 7.11 Å². The number of ether oxygens (including phenoxy) is 1. The van der Waals surface area contributed by atoms with E-state index in [9.17, 15) is 0 Å². The first-order valence-electron chi connectivity index (χ1n) is 5.00. The highest BCUT2D eigenvalue weighted by molar-refractivity contribution is 5.78. The number of hydrogen-bond acceptors (Lipinski definition) is 3. The second-order valence-electron chi connectivity index (χ2n) is 3.44. The third kappa shape index (κ3) is 2.00. The third-order valence-corrected chi connectivity index (χ3v) is 2.41. The fourth-order valence-electron chi connectivity index (χ4n) is 1.62. The quantitative estimate of drug-likeness (QED) is 0.788. The van der Waals surface area contributed by atoms with E-state index in [1.165, 1.54) is 0 Å². The van der Waals surface area contributed by atoms with Gasteiger partial charge in [0.2, 0.25) is 0 Å². The molecule has 1 aromatic heterocycles. The molecule has 0 saturated heterocycles. The van der Waals surface area contributed by atoms with E-state index in [0.29, 0.717) is 13.2 Å². The first kappa shape index (κ1) is 10.1. The zero-order valence-electron chi connectivity index (χ0n) is 8.79. The molecule has 0 unspecified atom stereocenters.